The first-order valence-corrected chi connectivity index (χ1v) is 10.0. The molecule has 2 heterocycles. The number of hydrogen-bond acceptors (Lipinski definition) is 5. The highest BCUT2D eigenvalue weighted by Crippen LogP contribution is 2.36. The number of aromatic hydroxyl groups is 2. The zero-order chi connectivity index (χ0) is 18.7. The number of benzene rings is 1. The van der Waals surface area contributed by atoms with Crippen molar-refractivity contribution in [3.8, 4) is 11.5 Å². The normalized spacial score (nSPS) is 18.7. The molecule has 0 unspecified atom stereocenters. The molecule has 2 fully saturated rings. The number of hydrogen-bond donors (Lipinski definition) is 3. The molecular formula is C21H31N3O2. The number of fused-ring (bicyclic) bond motifs is 2. The molecular weight excluding hydrogens is 326 g/mol. The molecule has 0 atom stereocenters. The van der Waals surface area contributed by atoms with Crippen LogP contribution in [0.3, 0.4) is 0 Å². The van der Waals surface area contributed by atoms with Crippen LogP contribution in [0.2, 0.25) is 0 Å². The van der Waals surface area contributed by atoms with Gasteiger partial charge in [-0.3, -0.25) is 4.98 Å². The number of aryl methyl sites for hydroxylation is 1. The van der Waals surface area contributed by atoms with Gasteiger partial charge in [0.15, 0.2) is 11.5 Å². The van der Waals surface area contributed by atoms with Crippen LogP contribution >= 0.6 is 0 Å². The van der Waals surface area contributed by atoms with Crippen molar-refractivity contribution in [2.24, 2.45) is 0 Å². The molecule has 2 aromatic rings. The quantitative estimate of drug-likeness (QED) is 0.672. The SMILES string of the molecule is C1CCN(C2CC2)C1.CC.Nc1c2c(nc3cc(O)c(O)cc13)CCC2. The average molecular weight is 357 g/mol. The smallest absolute Gasteiger partial charge is 0.159 e. The zero-order valence-corrected chi connectivity index (χ0v) is 16.0. The number of phenols is 2. The minimum atomic E-state index is -0.155. The maximum atomic E-state index is 9.46. The number of likely N-dealkylation sites (tertiary alicyclic amines) is 1. The van der Waals surface area contributed by atoms with Gasteiger partial charge in [-0.05, 0) is 69.7 Å². The summed E-state index contributed by atoms with van der Waals surface area (Å²) < 4.78 is 0. The van der Waals surface area contributed by atoms with Crippen LogP contribution in [0.1, 0.15) is 57.2 Å². The van der Waals surface area contributed by atoms with E-state index in [4.69, 9.17) is 5.73 Å². The van der Waals surface area contributed by atoms with E-state index >= 15 is 0 Å². The summed E-state index contributed by atoms with van der Waals surface area (Å²) >= 11 is 0. The van der Waals surface area contributed by atoms with E-state index in [1.54, 1.807) is 0 Å². The van der Waals surface area contributed by atoms with E-state index in [1.165, 1.54) is 50.9 Å². The molecule has 0 amide bonds. The first-order chi connectivity index (χ1) is 12.6. The number of aromatic nitrogens is 1. The fourth-order valence-corrected chi connectivity index (χ4v) is 3.87. The molecule has 142 valence electrons. The summed E-state index contributed by atoms with van der Waals surface area (Å²) in [5.41, 5.74) is 9.51. The summed E-state index contributed by atoms with van der Waals surface area (Å²) in [7, 11) is 0. The van der Waals surface area contributed by atoms with Crippen LogP contribution in [-0.2, 0) is 12.8 Å². The summed E-state index contributed by atoms with van der Waals surface area (Å²) in [5.74, 6) is -0.309. The van der Waals surface area contributed by atoms with Gasteiger partial charge in [0.1, 0.15) is 0 Å². The number of nitrogens with zero attached hydrogens (tertiary/aromatic N) is 2. The Labute approximate surface area is 155 Å². The van der Waals surface area contributed by atoms with Gasteiger partial charge in [0.05, 0.1) is 5.52 Å². The molecule has 26 heavy (non-hydrogen) atoms. The van der Waals surface area contributed by atoms with Crippen LogP contribution in [0.25, 0.3) is 10.9 Å². The minimum Gasteiger partial charge on any atom is -0.504 e. The van der Waals surface area contributed by atoms with Crippen LogP contribution < -0.4 is 5.73 Å². The summed E-state index contributed by atoms with van der Waals surface area (Å²) in [6.07, 6.45) is 8.84. The molecule has 0 bridgehead atoms. The second-order valence-corrected chi connectivity index (χ2v) is 7.14. The number of anilines is 1. The predicted octanol–water partition coefficient (Wildman–Crippen LogP) is 3.99. The summed E-state index contributed by atoms with van der Waals surface area (Å²) in [6.45, 7) is 6.79. The van der Waals surface area contributed by atoms with Crippen molar-refractivity contribution in [3.63, 3.8) is 0 Å². The van der Waals surface area contributed by atoms with Crippen LogP contribution in [0.15, 0.2) is 12.1 Å². The lowest BCUT2D eigenvalue weighted by Gasteiger charge is -2.11. The lowest BCUT2D eigenvalue weighted by Crippen LogP contribution is -2.20. The Morgan fingerprint density at radius 2 is 1.65 bits per heavy atom. The molecule has 1 aliphatic heterocycles. The third-order valence-electron chi connectivity index (χ3n) is 5.36. The van der Waals surface area contributed by atoms with Crippen molar-refractivity contribution in [2.75, 3.05) is 18.8 Å². The second-order valence-electron chi connectivity index (χ2n) is 7.14. The van der Waals surface area contributed by atoms with Crippen molar-refractivity contribution in [2.45, 2.75) is 64.8 Å². The molecule has 3 aliphatic rings. The van der Waals surface area contributed by atoms with Gasteiger partial charge < -0.3 is 20.8 Å². The molecule has 0 radical (unpaired) electrons. The van der Waals surface area contributed by atoms with Crippen LogP contribution in [0.5, 0.6) is 11.5 Å². The van der Waals surface area contributed by atoms with E-state index in [-0.39, 0.29) is 11.5 Å². The average Bonchev–Trinajstić information content (AvgIpc) is 3.15. The van der Waals surface area contributed by atoms with Gasteiger partial charge in [0, 0.05) is 28.9 Å². The van der Waals surface area contributed by atoms with Gasteiger partial charge in [-0.25, -0.2) is 0 Å². The van der Waals surface area contributed by atoms with Gasteiger partial charge >= 0.3 is 0 Å². The molecule has 5 nitrogen and oxygen atoms in total. The molecule has 1 aromatic heterocycles. The lowest BCUT2D eigenvalue weighted by molar-refractivity contribution is 0.328. The highest BCUT2D eigenvalue weighted by Gasteiger charge is 2.30. The second kappa shape index (κ2) is 8.12. The first kappa shape index (κ1) is 18.8. The Bertz CT molecular complexity index is 766. The maximum Gasteiger partial charge on any atom is 0.159 e. The number of nitrogen functional groups attached to an aromatic ring is 1. The zero-order valence-electron chi connectivity index (χ0n) is 16.0. The molecule has 5 heteroatoms. The third kappa shape index (κ3) is 3.88. The Hall–Kier alpha value is -2.01. The van der Waals surface area contributed by atoms with E-state index in [0.717, 1.165) is 41.9 Å². The van der Waals surface area contributed by atoms with Gasteiger partial charge in [-0.1, -0.05) is 13.8 Å². The Morgan fingerprint density at radius 3 is 2.31 bits per heavy atom. The number of nitrogens with two attached hydrogens (primary N) is 1. The first-order valence-electron chi connectivity index (χ1n) is 10.0. The van der Waals surface area contributed by atoms with Crippen LogP contribution in [0, 0.1) is 0 Å². The summed E-state index contributed by atoms with van der Waals surface area (Å²) in [4.78, 5) is 7.11. The molecule has 4 N–H and O–H groups in total. The summed E-state index contributed by atoms with van der Waals surface area (Å²) in [5, 5.41) is 19.6. The molecule has 5 rings (SSSR count). The Balaban J connectivity index is 0.000000164. The van der Waals surface area contributed by atoms with E-state index in [2.05, 4.69) is 9.88 Å². The summed E-state index contributed by atoms with van der Waals surface area (Å²) in [6, 6.07) is 3.96. The highest BCUT2D eigenvalue weighted by molar-refractivity contribution is 5.94. The topological polar surface area (TPSA) is 82.6 Å². The van der Waals surface area contributed by atoms with Crippen LogP contribution in [-0.4, -0.2) is 39.2 Å². The van der Waals surface area contributed by atoms with Gasteiger partial charge in [0.25, 0.3) is 0 Å². The van der Waals surface area contributed by atoms with E-state index in [0.29, 0.717) is 11.2 Å². The molecule has 0 spiro atoms. The van der Waals surface area contributed by atoms with E-state index in [1.807, 2.05) is 13.8 Å². The van der Waals surface area contributed by atoms with Crippen molar-refractivity contribution in [1.82, 2.24) is 9.88 Å². The van der Waals surface area contributed by atoms with E-state index in [9.17, 15) is 10.2 Å². The fraction of sp³-hybridized carbons (Fsp3) is 0.571. The third-order valence-corrected chi connectivity index (χ3v) is 5.36. The number of rotatable bonds is 1. The van der Waals surface area contributed by atoms with Gasteiger partial charge in [-0.2, -0.15) is 0 Å². The molecule has 1 saturated heterocycles. The van der Waals surface area contributed by atoms with Crippen LogP contribution in [0.4, 0.5) is 5.69 Å². The highest BCUT2D eigenvalue weighted by atomic mass is 16.3. The van der Waals surface area contributed by atoms with Gasteiger partial charge in [-0.15, -0.1) is 0 Å². The van der Waals surface area contributed by atoms with Crippen molar-refractivity contribution in [3.05, 3.63) is 23.4 Å². The molecule has 1 saturated carbocycles. The minimum absolute atomic E-state index is 0.154. The largest absolute Gasteiger partial charge is 0.504 e. The standard InChI is InChI=1S/C12H12N2O2.C7H13N.C2H6/c13-12-6-2-1-3-8(6)14-9-5-11(16)10(15)4-7(9)12;1-2-6-8(5-1)7-3-4-7;1-2/h4-5,15-16H,1-3H2,(H2,13,14);7H,1-6H2;1-2H3. The van der Waals surface area contributed by atoms with E-state index < -0.39 is 0 Å². The lowest BCUT2D eigenvalue weighted by atomic mass is 10.1. The Morgan fingerprint density at radius 1 is 1.00 bits per heavy atom. The fourth-order valence-electron chi connectivity index (χ4n) is 3.87. The van der Waals surface area contributed by atoms with Crippen molar-refractivity contribution in [1.29, 1.82) is 0 Å². The molecule has 2 aliphatic carbocycles. The maximum absolute atomic E-state index is 9.46. The number of phenolic OH excluding ortho intramolecular Hbond substituents is 2. The predicted molar refractivity (Wildman–Crippen MR) is 107 cm³/mol. The van der Waals surface area contributed by atoms with Crippen molar-refractivity contribution >= 4 is 16.6 Å². The molecule has 1 aromatic carbocycles. The monoisotopic (exact) mass is 357 g/mol. The van der Waals surface area contributed by atoms with Crippen molar-refractivity contribution < 1.29 is 10.2 Å². The Kier molecular flexibility index (Phi) is 5.87. The van der Waals surface area contributed by atoms with Gasteiger partial charge in [0.2, 0.25) is 0 Å². The number of pyridine rings is 1.